The molecule has 1 aromatic heterocycles. The number of amides is 1. The molecule has 0 saturated heterocycles. The zero-order chi connectivity index (χ0) is 20.9. The number of carbonyl (C=O) groups excluding carboxylic acids is 1. The largest absolute Gasteiger partial charge is 0.345 e. The summed E-state index contributed by atoms with van der Waals surface area (Å²) in [5.74, 6) is -0.165. The molecule has 1 unspecified atom stereocenters. The Bertz CT molecular complexity index is 887. The van der Waals surface area contributed by atoms with Crippen molar-refractivity contribution in [1.82, 2.24) is 13.8 Å². The SMILES string of the molecule is CCC(C)N(Cc1ccccc1)C(=O)c1cc(S(=O)(=O)N(CC)CC)cn1C. The minimum Gasteiger partial charge on any atom is -0.345 e. The van der Waals surface area contributed by atoms with Crippen molar-refractivity contribution >= 4 is 15.9 Å². The van der Waals surface area contributed by atoms with Gasteiger partial charge in [-0.25, -0.2) is 8.42 Å². The van der Waals surface area contributed by atoms with Gasteiger partial charge in [-0.15, -0.1) is 0 Å². The van der Waals surface area contributed by atoms with Crippen LogP contribution in [0.1, 0.15) is 50.2 Å². The van der Waals surface area contributed by atoms with Gasteiger partial charge in [0.05, 0.1) is 0 Å². The first-order valence-corrected chi connectivity index (χ1v) is 11.2. The van der Waals surface area contributed by atoms with Crippen LogP contribution in [0.5, 0.6) is 0 Å². The molecule has 6 nitrogen and oxygen atoms in total. The zero-order valence-electron chi connectivity index (χ0n) is 17.4. The molecule has 0 aliphatic carbocycles. The van der Waals surface area contributed by atoms with Crippen LogP contribution >= 0.6 is 0 Å². The van der Waals surface area contributed by atoms with Crippen LogP contribution in [0.4, 0.5) is 0 Å². The number of rotatable bonds is 9. The fraction of sp³-hybridized carbons (Fsp3) is 0.476. The number of carbonyl (C=O) groups is 1. The van der Waals surface area contributed by atoms with Crippen molar-refractivity contribution in [1.29, 1.82) is 0 Å². The quantitative estimate of drug-likeness (QED) is 0.641. The fourth-order valence-electron chi connectivity index (χ4n) is 3.18. The van der Waals surface area contributed by atoms with Crippen LogP contribution < -0.4 is 0 Å². The Morgan fingerprint density at radius 2 is 1.71 bits per heavy atom. The van der Waals surface area contributed by atoms with Gasteiger partial charge in [0.15, 0.2) is 0 Å². The molecule has 0 aliphatic rings. The number of aromatic nitrogens is 1. The summed E-state index contributed by atoms with van der Waals surface area (Å²) in [6.07, 6.45) is 2.34. The highest BCUT2D eigenvalue weighted by Crippen LogP contribution is 2.21. The van der Waals surface area contributed by atoms with Gasteiger partial charge in [0, 0.05) is 38.9 Å². The van der Waals surface area contributed by atoms with Gasteiger partial charge in [-0.3, -0.25) is 4.79 Å². The highest BCUT2D eigenvalue weighted by molar-refractivity contribution is 7.89. The van der Waals surface area contributed by atoms with Crippen molar-refractivity contribution in [2.24, 2.45) is 7.05 Å². The summed E-state index contributed by atoms with van der Waals surface area (Å²) < 4.78 is 28.6. The van der Waals surface area contributed by atoms with E-state index in [-0.39, 0.29) is 16.8 Å². The van der Waals surface area contributed by atoms with E-state index in [1.165, 1.54) is 16.6 Å². The number of hydrogen-bond acceptors (Lipinski definition) is 3. The number of nitrogens with zero attached hydrogens (tertiary/aromatic N) is 3. The molecule has 0 radical (unpaired) electrons. The fourth-order valence-corrected chi connectivity index (χ4v) is 4.71. The number of sulfonamides is 1. The third kappa shape index (κ3) is 4.64. The van der Waals surface area contributed by atoms with Gasteiger partial charge in [0.25, 0.3) is 5.91 Å². The molecule has 0 bridgehead atoms. The van der Waals surface area contributed by atoms with Gasteiger partial charge in [-0.2, -0.15) is 4.31 Å². The van der Waals surface area contributed by atoms with E-state index >= 15 is 0 Å². The Kier molecular flexibility index (Phi) is 7.43. The van der Waals surface area contributed by atoms with Gasteiger partial charge in [0.2, 0.25) is 10.0 Å². The van der Waals surface area contributed by atoms with Crippen LogP contribution in [0, 0.1) is 0 Å². The number of hydrogen-bond donors (Lipinski definition) is 0. The molecule has 0 spiro atoms. The first-order chi connectivity index (χ1) is 13.3. The van der Waals surface area contributed by atoms with E-state index < -0.39 is 10.0 Å². The minimum atomic E-state index is -3.61. The van der Waals surface area contributed by atoms with E-state index in [9.17, 15) is 13.2 Å². The number of aryl methyl sites for hydroxylation is 1. The van der Waals surface area contributed by atoms with E-state index in [0.29, 0.717) is 25.3 Å². The maximum atomic E-state index is 13.3. The molecule has 2 rings (SSSR count). The molecule has 1 heterocycles. The summed E-state index contributed by atoms with van der Waals surface area (Å²) in [6, 6.07) is 11.4. The van der Waals surface area contributed by atoms with Crippen LogP contribution in [0.15, 0.2) is 47.5 Å². The Morgan fingerprint density at radius 1 is 1.11 bits per heavy atom. The average molecular weight is 406 g/mol. The lowest BCUT2D eigenvalue weighted by Gasteiger charge is -2.29. The van der Waals surface area contributed by atoms with Crippen molar-refractivity contribution in [3.8, 4) is 0 Å². The van der Waals surface area contributed by atoms with Crippen molar-refractivity contribution < 1.29 is 13.2 Å². The maximum absolute atomic E-state index is 13.3. The molecule has 28 heavy (non-hydrogen) atoms. The van der Waals surface area contributed by atoms with E-state index in [4.69, 9.17) is 0 Å². The summed E-state index contributed by atoms with van der Waals surface area (Å²) in [4.78, 5) is 15.3. The third-order valence-electron chi connectivity index (χ3n) is 5.12. The topological polar surface area (TPSA) is 62.6 Å². The first-order valence-electron chi connectivity index (χ1n) is 9.77. The summed E-state index contributed by atoms with van der Waals surface area (Å²) in [5, 5.41) is 0. The molecule has 1 amide bonds. The lowest BCUT2D eigenvalue weighted by Crippen LogP contribution is -2.38. The molecule has 1 atom stereocenters. The van der Waals surface area contributed by atoms with Gasteiger partial charge in [0.1, 0.15) is 10.6 Å². The van der Waals surface area contributed by atoms with Crippen molar-refractivity contribution in [3.63, 3.8) is 0 Å². The molecule has 0 N–H and O–H groups in total. The molecule has 0 aliphatic heterocycles. The predicted octanol–water partition coefficient (Wildman–Crippen LogP) is 3.50. The summed E-state index contributed by atoms with van der Waals surface area (Å²) >= 11 is 0. The van der Waals surface area contributed by atoms with E-state index in [2.05, 4.69) is 0 Å². The lowest BCUT2D eigenvalue weighted by atomic mass is 10.1. The average Bonchev–Trinajstić information content (AvgIpc) is 3.09. The van der Waals surface area contributed by atoms with E-state index in [0.717, 1.165) is 12.0 Å². The molecule has 7 heteroatoms. The molecule has 1 aromatic carbocycles. The van der Waals surface area contributed by atoms with Gasteiger partial charge < -0.3 is 9.47 Å². The van der Waals surface area contributed by atoms with Crippen molar-refractivity contribution in [2.75, 3.05) is 13.1 Å². The van der Waals surface area contributed by atoms with E-state index in [1.54, 1.807) is 30.4 Å². The predicted molar refractivity (Wildman–Crippen MR) is 112 cm³/mol. The lowest BCUT2D eigenvalue weighted by molar-refractivity contribution is 0.0661. The molecular formula is C21H31N3O3S. The summed E-state index contributed by atoms with van der Waals surface area (Å²) in [6.45, 7) is 8.93. The second kappa shape index (κ2) is 9.39. The van der Waals surface area contributed by atoms with Crippen molar-refractivity contribution in [3.05, 3.63) is 53.9 Å². The molecule has 0 saturated carbocycles. The van der Waals surface area contributed by atoms with Crippen LogP contribution in [0.2, 0.25) is 0 Å². The Labute approximate surface area is 168 Å². The molecular weight excluding hydrogens is 374 g/mol. The highest BCUT2D eigenvalue weighted by Gasteiger charge is 2.28. The summed E-state index contributed by atoms with van der Waals surface area (Å²) in [7, 11) is -1.89. The summed E-state index contributed by atoms with van der Waals surface area (Å²) in [5.41, 5.74) is 1.42. The Hall–Kier alpha value is -2.12. The van der Waals surface area contributed by atoms with Gasteiger partial charge in [-0.1, -0.05) is 51.1 Å². The highest BCUT2D eigenvalue weighted by atomic mass is 32.2. The van der Waals surface area contributed by atoms with Crippen molar-refractivity contribution in [2.45, 2.75) is 51.6 Å². The Balaban J connectivity index is 2.39. The standard InChI is InChI=1S/C21H31N3O3S/c1-6-17(4)24(15-18-12-10-9-11-13-18)21(25)20-14-19(16-22(20)5)28(26,27)23(7-2)8-3/h9-14,16-17H,6-8,15H2,1-5H3. The van der Waals surface area contributed by atoms with Gasteiger partial charge in [-0.05, 0) is 25.0 Å². The zero-order valence-corrected chi connectivity index (χ0v) is 18.2. The van der Waals surface area contributed by atoms with Crippen LogP contribution in [0.3, 0.4) is 0 Å². The number of benzene rings is 1. The molecule has 154 valence electrons. The minimum absolute atomic E-state index is 0.0328. The van der Waals surface area contributed by atoms with Crippen LogP contribution in [-0.2, 0) is 23.6 Å². The van der Waals surface area contributed by atoms with E-state index in [1.807, 2.05) is 44.2 Å². The monoisotopic (exact) mass is 405 g/mol. The second-order valence-corrected chi connectivity index (χ2v) is 8.88. The Morgan fingerprint density at radius 3 is 2.25 bits per heavy atom. The smallest absolute Gasteiger partial charge is 0.271 e. The normalized spacial score (nSPS) is 12.9. The molecule has 2 aromatic rings. The third-order valence-corrected chi connectivity index (χ3v) is 7.14. The van der Waals surface area contributed by atoms with Gasteiger partial charge >= 0.3 is 0 Å². The van der Waals surface area contributed by atoms with Crippen LogP contribution in [-0.4, -0.2) is 47.2 Å². The van der Waals surface area contributed by atoms with Crippen LogP contribution in [0.25, 0.3) is 0 Å². The second-order valence-electron chi connectivity index (χ2n) is 6.94. The molecule has 0 fully saturated rings. The maximum Gasteiger partial charge on any atom is 0.271 e. The first kappa shape index (κ1) is 22.2.